The minimum Gasteiger partial charge on any atom is -0.492 e. The molecule has 1 amide bonds. The van der Waals surface area contributed by atoms with E-state index in [4.69, 9.17) is 5.26 Å². The molecule has 1 fully saturated rings. The van der Waals surface area contributed by atoms with Gasteiger partial charge >= 0.3 is 0 Å². The molecule has 9 heteroatoms. The van der Waals surface area contributed by atoms with Crippen molar-refractivity contribution in [2.24, 2.45) is 4.99 Å². The van der Waals surface area contributed by atoms with E-state index < -0.39 is 0 Å². The van der Waals surface area contributed by atoms with Crippen molar-refractivity contribution in [1.82, 2.24) is 25.9 Å². The number of carbonyl (C=O) groups excluding carboxylic acids is 1. The van der Waals surface area contributed by atoms with Crippen LogP contribution in [0.3, 0.4) is 0 Å². The number of nitriles is 1. The van der Waals surface area contributed by atoms with Crippen molar-refractivity contribution >= 4 is 11.9 Å². The van der Waals surface area contributed by atoms with Gasteiger partial charge in [0.25, 0.3) is 5.91 Å². The van der Waals surface area contributed by atoms with E-state index in [9.17, 15) is 9.90 Å². The van der Waals surface area contributed by atoms with Gasteiger partial charge in [-0.1, -0.05) is 30.3 Å². The molecule has 0 aliphatic heterocycles. The van der Waals surface area contributed by atoms with E-state index in [2.05, 4.69) is 43.0 Å². The Morgan fingerprint density at radius 1 is 1.27 bits per heavy atom. The standard InChI is InChI=1S/C21H25N7O2/c1-23-20(27-14-22)28-16-7-9-21(10-8-16,15-5-3-2-4-6-15)13-26-19(30)17-11-25-18(29)12-24-17/h2-6,11-12,16H,7-10,13H2,1H3,(H,25,29)(H,26,30)(H2,23,27,28)/t16-,21-. The SMILES string of the molecule is CN/C(=N\C#N)N[C@H]1CC[C@](CNC(=O)c2cnc(O)cn2)(c2ccccc2)CC1. The van der Waals surface area contributed by atoms with Crippen molar-refractivity contribution < 1.29 is 9.90 Å². The summed E-state index contributed by atoms with van der Waals surface area (Å²) in [6.45, 7) is 0.469. The molecule has 1 aliphatic carbocycles. The molecule has 0 bridgehead atoms. The second kappa shape index (κ2) is 9.69. The first kappa shape index (κ1) is 21.0. The van der Waals surface area contributed by atoms with Gasteiger partial charge in [-0.3, -0.25) is 4.79 Å². The molecule has 4 N–H and O–H groups in total. The van der Waals surface area contributed by atoms with Crippen LogP contribution in [0, 0.1) is 11.5 Å². The first-order valence-electron chi connectivity index (χ1n) is 9.82. The Morgan fingerprint density at radius 2 is 2.00 bits per heavy atom. The van der Waals surface area contributed by atoms with Gasteiger partial charge in [0.2, 0.25) is 18.0 Å². The molecule has 0 unspecified atom stereocenters. The van der Waals surface area contributed by atoms with E-state index in [1.165, 1.54) is 11.8 Å². The van der Waals surface area contributed by atoms with Gasteiger partial charge in [0.05, 0.1) is 12.4 Å². The van der Waals surface area contributed by atoms with Gasteiger partial charge in [0.15, 0.2) is 0 Å². The molecule has 0 atom stereocenters. The van der Waals surface area contributed by atoms with Crippen LogP contribution in [-0.2, 0) is 5.41 Å². The molecular formula is C21H25N7O2. The second-order valence-electron chi connectivity index (χ2n) is 7.32. The molecule has 1 aliphatic rings. The van der Waals surface area contributed by atoms with Crippen LogP contribution in [-0.4, -0.2) is 46.6 Å². The van der Waals surface area contributed by atoms with Crippen LogP contribution in [0.15, 0.2) is 47.7 Å². The van der Waals surface area contributed by atoms with Gasteiger partial charge in [-0.25, -0.2) is 9.97 Å². The number of benzene rings is 1. The molecule has 156 valence electrons. The lowest BCUT2D eigenvalue weighted by molar-refractivity contribution is 0.0929. The lowest BCUT2D eigenvalue weighted by Gasteiger charge is -2.41. The number of hydrogen-bond acceptors (Lipinski definition) is 6. The molecule has 2 aromatic rings. The fourth-order valence-electron chi connectivity index (χ4n) is 3.86. The quantitative estimate of drug-likeness (QED) is 0.334. The zero-order chi connectivity index (χ0) is 21.4. The first-order chi connectivity index (χ1) is 14.6. The molecule has 0 spiro atoms. The Morgan fingerprint density at radius 3 is 2.60 bits per heavy atom. The van der Waals surface area contributed by atoms with Crippen molar-refractivity contribution in [3.63, 3.8) is 0 Å². The maximum Gasteiger partial charge on any atom is 0.271 e. The van der Waals surface area contributed by atoms with Crippen molar-refractivity contribution in [3.8, 4) is 12.1 Å². The predicted octanol–water partition coefficient (Wildman–Crippen LogP) is 1.44. The van der Waals surface area contributed by atoms with Gasteiger partial charge in [0, 0.05) is 25.0 Å². The number of nitrogens with one attached hydrogen (secondary N) is 3. The summed E-state index contributed by atoms with van der Waals surface area (Å²) in [6.07, 6.45) is 7.67. The number of nitrogens with zero attached hydrogens (tertiary/aromatic N) is 4. The summed E-state index contributed by atoms with van der Waals surface area (Å²) in [7, 11) is 1.72. The van der Waals surface area contributed by atoms with Crippen molar-refractivity contribution in [1.29, 1.82) is 5.26 Å². The van der Waals surface area contributed by atoms with E-state index in [1.54, 1.807) is 13.2 Å². The number of aromatic hydroxyl groups is 1. The van der Waals surface area contributed by atoms with Crippen LogP contribution in [0.4, 0.5) is 0 Å². The van der Waals surface area contributed by atoms with Crippen LogP contribution < -0.4 is 16.0 Å². The number of aromatic nitrogens is 2. The number of hydrogen-bond donors (Lipinski definition) is 4. The summed E-state index contributed by atoms with van der Waals surface area (Å²) < 4.78 is 0. The van der Waals surface area contributed by atoms with Gasteiger partial charge in [-0.2, -0.15) is 5.26 Å². The minimum absolute atomic E-state index is 0.165. The summed E-state index contributed by atoms with van der Waals surface area (Å²) in [6, 6.07) is 10.4. The van der Waals surface area contributed by atoms with Crippen LogP contribution in [0.25, 0.3) is 0 Å². The third-order valence-electron chi connectivity index (χ3n) is 5.53. The number of carbonyl (C=O) groups is 1. The van der Waals surface area contributed by atoms with Crippen molar-refractivity contribution in [3.05, 3.63) is 54.0 Å². The largest absolute Gasteiger partial charge is 0.492 e. The second-order valence-corrected chi connectivity index (χ2v) is 7.32. The maximum absolute atomic E-state index is 12.5. The molecule has 1 aromatic carbocycles. The molecule has 1 saturated carbocycles. The highest BCUT2D eigenvalue weighted by Crippen LogP contribution is 2.39. The zero-order valence-electron chi connectivity index (χ0n) is 16.8. The lowest BCUT2D eigenvalue weighted by atomic mass is 9.68. The predicted molar refractivity (Wildman–Crippen MR) is 112 cm³/mol. The highest BCUT2D eigenvalue weighted by atomic mass is 16.3. The summed E-state index contributed by atoms with van der Waals surface area (Å²) in [4.78, 5) is 23.9. The third-order valence-corrected chi connectivity index (χ3v) is 5.53. The average Bonchev–Trinajstić information content (AvgIpc) is 2.79. The summed E-state index contributed by atoms with van der Waals surface area (Å²) in [5.74, 6) is -0.0791. The molecule has 1 aromatic heterocycles. The third kappa shape index (κ3) is 5.03. The van der Waals surface area contributed by atoms with E-state index in [0.29, 0.717) is 12.5 Å². The molecule has 0 radical (unpaired) electrons. The smallest absolute Gasteiger partial charge is 0.271 e. The number of guanidine groups is 1. The maximum atomic E-state index is 12.5. The zero-order valence-corrected chi connectivity index (χ0v) is 16.8. The Balaban J connectivity index is 1.71. The summed E-state index contributed by atoms with van der Waals surface area (Å²) in [5.41, 5.74) is 1.14. The Labute approximate surface area is 175 Å². The molecule has 3 rings (SSSR count). The Hall–Kier alpha value is -3.67. The summed E-state index contributed by atoms with van der Waals surface area (Å²) >= 11 is 0. The van der Waals surface area contributed by atoms with Crippen LogP contribution >= 0.6 is 0 Å². The van der Waals surface area contributed by atoms with Crippen LogP contribution in [0.5, 0.6) is 5.88 Å². The minimum atomic E-state index is -0.323. The Kier molecular flexibility index (Phi) is 6.80. The molecule has 1 heterocycles. The van der Waals surface area contributed by atoms with Gasteiger partial charge in [-0.15, -0.1) is 4.99 Å². The first-order valence-corrected chi connectivity index (χ1v) is 9.82. The topological polar surface area (TPSA) is 135 Å². The average molecular weight is 407 g/mol. The van der Waals surface area contributed by atoms with E-state index in [-0.39, 0.29) is 28.9 Å². The van der Waals surface area contributed by atoms with Gasteiger partial charge in [0.1, 0.15) is 5.69 Å². The van der Waals surface area contributed by atoms with E-state index >= 15 is 0 Å². The highest BCUT2D eigenvalue weighted by Gasteiger charge is 2.37. The van der Waals surface area contributed by atoms with Crippen molar-refractivity contribution in [2.45, 2.75) is 37.1 Å². The fourth-order valence-corrected chi connectivity index (χ4v) is 3.86. The molecule has 0 saturated heterocycles. The highest BCUT2D eigenvalue weighted by molar-refractivity contribution is 5.92. The Bertz CT molecular complexity index is 915. The number of aliphatic imine (C=N–C) groups is 1. The van der Waals surface area contributed by atoms with Gasteiger partial charge in [-0.05, 0) is 31.2 Å². The van der Waals surface area contributed by atoms with Crippen LogP contribution in [0.2, 0.25) is 0 Å². The number of rotatable bonds is 5. The van der Waals surface area contributed by atoms with Crippen molar-refractivity contribution in [2.75, 3.05) is 13.6 Å². The van der Waals surface area contributed by atoms with E-state index in [1.807, 2.05) is 18.2 Å². The summed E-state index contributed by atoms with van der Waals surface area (Å²) in [5, 5.41) is 27.2. The van der Waals surface area contributed by atoms with Gasteiger partial charge < -0.3 is 21.1 Å². The normalized spacial score (nSPS) is 21.3. The van der Waals surface area contributed by atoms with Crippen LogP contribution in [0.1, 0.15) is 41.7 Å². The molecule has 9 nitrogen and oxygen atoms in total. The molecule has 30 heavy (non-hydrogen) atoms. The van der Waals surface area contributed by atoms with E-state index in [0.717, 1.165) is 31.9 Å². The number of amides is 1. The fraction of sp³-hybridized carbons (Fsp3) is 0.381. The lowest BCUT2D eigenvalue weighted by Crippen LogP contribution is -2.49. The molecular weight excluding hydrogens is 382 g/mol. The monoisotopic (exact) mass is 407 g/mol.